The third kappa shape index (κ3) is 9.45. The van der Waals surface area contributed by atoms with Crippen molar-refractivity contribution in [1.29, 1.82) is 0 Å². The molecule has 0 spiro atoms. The number of hydrogen-bond acceptors (Lipinski definition) is 2. The van der Waals surface area contributed by atoms with Gasteiger partial charge in [0.2, 0.25) is 0 Å². The van der Waals surface area contributed by atoms with E-state index in [-0.39, 0.29) is 0 Å². The Bertz CT molecular complexity index is 184. The number of hydrogen-bond donors (Lipinski definition) is 1. The van der Waals surface area contributed by atoms with Gasteiger partial charge in [0.15, 0.2) is 0 Å². The molecule has 0 fully saturated rings. The lowest BCUT2D eigenvalue weighted by Gasteiger charge is -2.33. The molecule has 0 heterocycles. The predicted molar refractivity (Wildman–Crippen MR) is 85.7 cm³/mol. The second kappa shape index (κ2) is 11.7. The second-order valence-corrected chi connectivity index (χ2v) is 6.28. The summed E-state index contributed by atoms with van der Waals surface area (Å²) < 4.78 is 5.83. The van der Waals surface area contributed by atoms with Crippen LogP contribution in [-0.4, -0.2) is 26.3 Å². The van der Waals surface area contributed by atoms with Gasteiger partial charge in [-0.05, 0) is 43.6 Å². The minimum absolute atomic E-state index is 0.448. The first-order valence-corrected chi connectivity index (χ1v) is 8.38. The van der Waals surface area contributed by atoms with Crippen LogP contribution in [0.1, 0.15) is 73.1 Å². The zero-order chi connectivity index (χ0) is 14.6. The Morgan fingerprint density at radius 3 is 2.32 bits per heavy atom. The second-order valence-electron chi connectivity index (χ2n) is 6.28. The third-order valence-electron chi connectivity index (χ3n) is 4.18. The Kier molecular flexibility index (Phi) is 11.7. The largest absolute Gasteiger partial charge is 0.381 e. The Labute approximate surface area is 121 Å². The van der Waals surface area contributed by atoms with Crippen molar-refractivity contribution in [1.82, 2.24) is 5.32 Å². The van der Waals surface area contributed by atoms with Crippen molar-refractivity contribution in [3.8, 4) is 0 Å². The van der Waals surface area contributed by atoms with Crippen LogP contribution in [0.15, 0.2) is 0 Å². The van der Waals surface area contributed by atoms with Crippen molar-refractivity contribution in [2.45, 2.75) is 73.1 Å². The summed E-state index contributed by atoms with van der Waals surface area (Å²) in [6.45, 7) is 15.4. The molecule has 0 aromatic rings. The van der Waals surface area contributed by atoms with E-state index in [9.17, 15) is 0 Å². The maximum absolute atomic E-state index is 5.83. The summed E-state index contributed by atoms with van der Waals surface area (Å²) in [6.07, 6.45) is 7.61. The summed E-state index contributed by atoms with van der Waals surface area (Å²) in [6, 6.07) is 0. The van der Waals surface area contributed by atoms with Crippen LogP contribution in [0.25, 0.3) is 0 Å². The van der Waals surface area contributed by atoms with E-state index in [1.807, 2.05) is 0 Å². The molecule has 0 aliphatic heterocycles. The summed E-state index contributed by atoms with van der Waals surface area (Å²) in [5, 5.41) is 3.55. The average molecular weight is 271 g/mol. The van der Waals surface area contributed by atoms with Crippen LogP contribution in [0.4, 0.5) is 0 Å². The normalized spacial score (nSPS) is 14.8. The minimum Gasteiger partial charge on any atom is -0.381 e. The average Bonchev–Trinajstić information content (AvgIpc) is 2.40. The fourth-order valence-electron chi connectivity index (χ4n) is 2.43. The standard InChI is InChI=1S/C17H37NO/c1-6-9-11-17(7-2,15-18-8-3)12-14-19-13-10-16(4)5/h16,18H,6-15H2,1-5H3. The first-order valence-electron chi connectivity index (χ1n) is 8.38. The van der Waals surface area contributed by atoms with Crippen molar-refractivity contribution >= 4 is 0 Å². The van der Waals surface area contributed by atoms with Crippen molar-refractivity contribution in [2.24, 2.45) is 11.3 Å². The highest BCUT2D eigenvalue weighted by Crippen LogP contribution is 2.32. The summed E-state index contributed by atoms with van der Waals surface area (Å²) in [7, 11) is 0. The summed E-state index contributed by atoms with van der Waals surface area (Å²) in [4.78, 5) is 0. The van der Waals surface area contributed by atoms with Crippen LogP contribution in [0.5, 0.6) is 0 Å². The number of rotatable bonds is 13. The SMILES string of the molecule is CCCCC(CC)(CCOCCC(C)C)CNCC. The molecule has 0 aliphatic carbocycles. The lowest BCUT2D eigenvalue weighted by atomic mass is 9.77. The molecule has 0 amide bonds. The zero-order valence-electron chi connectivity index (χ0n) is 14.1. The topological polar surface area (TPSA) is 21.3 Å². The van der Waals surface area contributed by atoms with Gasteiger partial charge in [-0.15, -0.1) is 0 Å². The number of ether oxygens (including phenoxy) is 1. The van der Waals surface area contributed by atoms with Gasteiger partial charge in [0.25, 0.3) is 0 Å². The van der Waals surface area contributed by atoms with Gasteiger partial charge >= 0.3 is 0 Å². The molecule has 1 unspecified atom stereocenters. The fraction of sp³-hybridized carbons (Fsp3) is 1.00. The molecule has 0 aromatic heterocycles. The molecule has 0 aromatic carbocycles. The van der Waals surface area contributed by atoms with Gasteiger partial charge < -0.3 is 10.1 Å². The maximum atomic E-state index is 5.83. The molecule has 2 nitrogen and oxygen atoms in total. The summed E-state index contributed by atoms with van der Waals surface area (Å²) >= 11 is 0. The van der Waals surface area contributed by atoms with E-state index in [4.69, 9.17) is 4.74 Å². The molecule has 1 N–H and O–H groups in total. The van der Waals surface area contributed by atoms with Gasteiger partial charge in [0.05, 0.1) is 0 Å². The van der Waals surface area contributed by atoms with Crippen LogP contribution in [0.2, 0.25) is 0 Å². The van der Waals surface area contributed by atoms with Gasteiger partial charge in [-0.25, -0.2) is 0 Å². The molecule has 0 aliphatic rings. The molecular formula is C17H37NO. The van der Waals surface area contributed by atoms with Crippen molar-refractivity contribution in [3.05, 3.63) is 0 Å². The van der Waals surface area contributed by atoms with Crippen LogP contribution >= 0.6 is 0 Å². The first-order chi connectivity index (χ1) is 9.10. The van der Waals surface area contributed by atoms with Gasteiger partial charge in [-0.1, -0.05) is 47.5 Å². The molecular weight excluding hydrogens is 234 g/mol. The van der Waals surface area contributed by atoms with Crippen molar-refractivity contribution < 1.29 is 4.74 Å². The minimum atomic E-state index is 0.448. The van der Waals surface area contributed by atoms with E-state index >= 15 is 0 Å². The van der Waals surface area contributed by atoms with Crippen LogP contribution in [0, 0.1) is 11.3 Å². The van der Waals surface area contributed by atoms with Crippen molar-refractivity contribution in [3.63, 3.8) is 0 Å². The Morgan fingerprint density at radius 1 is 1.05 bits per heavy atom. The van der Waals surface area contributed by atoms with E-state index in [0.29, 0.717) is 5.41 Å². The highest BCUT2D eigenvalue weighted by atomic mass is 16.5. The summed E-state index contributed by atoms with van der Waals surface area (Å²) in [5.74, 6) is 0.748. The molecule has 0 radical (unpaired) electrons. The summed E-state index contributed by atoms with van der Waals surface area (Å²) in [5.41, 5.74) is 0.448. The maximum Gasteiger partial charge on any atom is 0.0471 e. The van der Waals surface area contributed by atoms with Crippen LogP contribution in [0.3, 0.4) is 0 Å². The van der Waals surface area contributed by atoms with Crippen molar-refractivity contribution in [2.75, 3.05) is 26.3 Å². The highest BCUT2D eigenvalue weighted by molar-refractivity contribution is 4.80. The zero-order valence-corrected chi connectivity index (χ0v) is 14.1. The number of unbranched alkanes of at least 4 members (excludes halogenated alkanes) is 1. The monoisotopic (exact) mass is 271 g/mol. The van der Waals surface area contributed by atoms with Crippen LogP contribution < -0.4 is 5.32 Å². The van der Waals surface area contributed by atoms with Gasteiger partial charge in [0.1, 0.15) is 0 Å². The molecule has 19 heavy (non-hydrogen) atoms. The molecule has 116 valence electrons. The molecule has 0 saturated heterocycles. The molecule has 0 bridgehead atoms. The number of nitrogens with one attached hydrogen (secondary N) is 1. The van der Waals surface area contributed by atoms with E-state index in [1.54, 1.807) is 0 Å². The van der Waals surface area contributed by atoms with E-state index < -0.39 is 0 Å². The van der Waals surface area contributed by atoms with Crippen LogP contribution in [-0.2, 0) is 4.74 Å². The molecule has 2 heteroatoms. The Morgan fingerprint density at radius 2 is 1.79 bits per heavy atom. The Balaban J connectivity index is 4.07. The smallest absolute Gasteiger partial charge is 0.0471 e. The quantitative estimate of drug-likeness (QED) is 0.493. The van der Waals surface area contributed by atoms with E-state index in [1.165, 1.54) is 38.5 Å². The first kappa shape index (κ1) is 18.9. The van der Waals surface area contributed by atoms with Gasteiger partial charge in [0, 0.05) is 19.8 Å². The molecule has 1 atom stereocenters. The van der Waals surface area contributed by atoms with Gasteiger partial charge in [-0.3, -0.25) is 0 Å². The fourth-order valence-corrected chi connectivity index (χ4v) is 2.43. The third-order valence-corrected chi connectivity index (χ3v) is 4.18. The molecule has 0 saturated carbocycles. The lowest BCUT2D eigenvalue weighted by Crippen LogP contribution is -2.35. The lowest BCUT2D eigenvalue weighted by molar-refractivity contribution is 0.0789. The Hall–Kier alpha value is -0.0800. The van der Waals surface area contributed by atoms with E-state index in [0.717, 1.165) is 32.2 Å². The highest BCUT2D eigenvalue weighted by Gasteiger charge is 2.26. The van der Waals surface area contributed by atoms with Gasteiger partial charge in [-0.2, -0.15) is 0 Å². The predicted octanol–water partition coefficient (Wildman–Crippen LogP) is 4.64. The molecule has 0 rings (SSSR count). The van der Waals surface area contributed by atoms with E-state index in [2.05, 4.69) is 39.9 Å².